The molecule has 0 aliphatic carbocycles. The van der Waals surface area contributed by atoms with Crippen molar-refractivity contribution in [2.45, 2.75) is 32.4 Å². The van der Waals surface area contributed by atoms with Crippen LogP contribution in [0.25, 0.3) is 0 Å². The number of anilines is 2. The van der Waals surface area contributed by atoms with Gasteiger partial charge < -0.3 is 16.4 Å². The SMILES string of the molecule is Cc1cc(NCCNC2CCN(Cc3ccc(Cl)c(Cl)c3)CC2)nc(N)n1. The van der Waals surface area contributed by atoms with Crippen LogP contribution in [-0.2, 0) is 6.54 Å². The van der Waals surface area contributed by atoms with Crippen LogP contribution in [0, 0.1) is 6.92 Å². The van der Waals surface area contributed by atoms with Gasteiger partial charge in [-0.3, -0.25) is 4.90 Å². The van der Waals surface area contributed by atoms with Gasteiger partial charge in [0, 0.05) is 37.4 Å². The minimum atomic E-state index is 0.305. The molecule has 0 saturated carbocycles. The van der Waals surface area contributed by atoms with E-state index in [4.69, 9.17) is 28.9 Å². The molecule has 1 saturated heterocycles. The number of hydrogen-bond donors (Lipinski definition) is 3. The van der Waals surface area contributed by atoms with Crippen molar-refractivity contribution in [3.05, 3.63) is 45.6 Å². The first kappa shape index (κ1) is 20.1. The number of aromatic nitrogens is 2. The summed E-state index contributed by atoms with van der Waals surface area (Å²) in [6.45, 7) is 6.67. The van der Waals surface area contributed by atoms with Crippen molar-refractivity contribution in [3.8, 4) is 0 Å². The lowest BCUT2D eigenvalue weighted by atomic mass is 10.0. The van der Waals surface area contributed by atoms with Crippen molar-refractivity contribution in [2.24, 2.45) is 0 Å². The number of rotatable bonds is 7. The number of nitrogens with zero attached hydrogens (tertiary/aromatic N) is 3. The predicted molar refractivity (Wildman–Crippen MR) is 112 cm³/mol. The maximum atomic E-state index is 6.11. The Morgan fingerprint density at radius 1 is 1.11 bits per heavy atom. The Morgan fingerprint density at radius 2 is 1.89 bits per heavy atom. The topological polar surface area (TPSA) is 79.1 Å². The molecule has 1 aromatic heterocycles. The minimum absolute atomic E-state index is 0.305. The molecule has 1 aliphatic rings. The third-order valence-electron chi connectivity index (χ3n) is 4.71. The number of nitrogens with one attached hydrogen (secondary N) is 2. The molecular formula is C19H26Cl2N6. The van der Waals surface area contributed by atoms with E-state index in [1.54, 1.807) is 0 Å². The van der Waals surface area contributed by atoms with Gasteiger partial charge in [-0.2, -0.15) is 4.98 Å². The van der Waals surface area contributed by atoms with E-state index < -0.39 is 0 Å². The molecule has 0 amide bonds. The second-order valence-corrected chi connectivity index (χ2v) is 7.75. The van der Waals surface area contributed by atoms with Crippen molar-refractivity contribution in [3.63, 3.8) is 0 Å². The summed E-state index contributed by atoms with van der Waals surface area (Å²) in [5.41, 5.74) is 7.74. The zero-order chi connectivity index (χ0) is 19.2. The summed E-state index contributed by atoms with van der Waals surface area (Å²) in [5, 5.41) is 8.14. The standard InChI is InChI=1S/C19H26Cl2N6/c1-13-10-18(26-19(22)25-13)24-7-6-23-15-4-8-27(9-5-15)12-14-2-3-16(20)17(21)11-14/h2-3,10-11,15,23H,4-9,12H2,1H3,(H3,22,24,25,26). The van der Waals surface area contributed by atoms with Crippen molar-refractivity contribution in [1.82, 2.24) is 20.2 Å². The molecule has 0 bridgehead atoms. The van der Waals surface area contributed by atoms with Gasteiger partial charge in [-0.15, -0.1) is 0 Å². The van der Waals surface area contributed by atoms with E-state index in [2.05, 4.69) is 25.5 Å². The van der Waals surface area contributed by atoms with E-state index in [0.717, 1.165) is 57.1 Å². The van der Waals surface area contributed by atoms with Crippen molar-refractivity contribution in [2.75, 3.05) is 37.2 Å². The van der Waals surface area contributed by atoms with Gasteiger partial charge in [0.05, 0.1) is 10.0 Å². The summed E-state index contributed by atoms with van der Waals surface area (Å²) in [7, 11) is 0. The van der Waals surface area contributed by atoms with Crippen LogP contribution in [-0.4, -0.2) is 47.1 Å². The molecular weight excluding hydrogens is 383 g/mol. The van der Waals surface area contributed by atoms with Crippen LogP contribution in [0.5, 0.6) is 0 Å². The third kappa shape index (κ3) is 6.21. The van der Waals surface area contributed by atoms with Crippen LogP contribution in [0.4, 0.5) is 11.8 Å². The van der Waals surface area contributed by atoms with Gasteiger partial charge >= 0.3 is 0 Å². The van der Waals surface area contributed by atoms with E-state index >= 15 is 0 Å². The van der Waals surface area contributed by atoms with Gasteiger partial charge in [0.2, 0.25) is 5.95 Å². The monoisotopic (exact) mass is 408 g/mol. The number of halogens is 2. The Bertz CT molecular complexity index is 742. The lowest BCUT2D eigenvalue weighted by Gasteiger charge is -2.32. The van der Waals surface area contributed by atoms with Gasteiger partial charge in [-0.05, 0) is 50.6 Å². The second-order valence-electron chi connectivity index (χ2n) is 6.93. The van der Waals surface area contributed by atoms with Gasteiger partial charge in [-0.25, -0.2) is 4.98 Å². The maximum Gasteiger partial charge on any atom is 0.222 e. The van der Waals surface area contributed by atoms with Gasteiger partial charge in [-0.1, -0.05) is 29.3 Å². The highest BCUT2D eigenvalue weighted by Crippen LogP contribution is 2.24. The Hall–Kier alpha value is -1.60. The lowest BCUT2D eigenvalue weighted by Crippen LogP contribution is -2.43. The number of aryl methyl sites for hydroxylation is 1. The summed E-state index contributed by atoms with van der Waals surface area (Å²) in [4.78, 5) is 10.7. The highest BCUT2D eigenvalue weighted by Gasteiger charge is 2.18. The molecule has 2 aromatic rings. The van der Waals surface area contributed by atoms with Crippen molar-refractivity contribution in [1.29, 1.82) is 0 Å². The van der Waals surface area contributed by atoms with E-state index in [1.165, 1.54) is 5.56 Å². The summed E-state index contributed by atoms with van der Waals surface area (Å²) >= 11 is 12.1. The molecule has 0 radical (unpaired) electrons. The zero-order valence-electron chi connectivity index (χ0n) is 15.5. The fraction of sp³-hybridized carbons (Fsp3) is 0.474. The minimum Gasteiger partial charge on any atom is -0.369 e. The molecule has 27 heavy (non-hydrogen) atoms. The summed E-state index contributed by atoms with van der Waals surface area (Å²) in [6, 6.07) is 8.33. The van der Waals surface area contributed by atoms with Crippen LogP contribution < -0.4 is 16.4 Å². The van der Waals surface area contributed by atoms with Crippen LogP contribution in [0.1, 0.15) is 24.1 Å². The highest BCUT2D eigenvalue weighted by molar-refractivity contribution is 6.42. The maximum absolute atomic E-state index is 6.11. The fourth-order valence-electron chi connectivity index (χ4n) is 3.34. The number of nitrogens with two attached hydrogens (primary N) is 1. The molecule has 1 aliphatic heterocycles. The highest BCUT2D eigenvalue weighted by atomic mass is 35.5. The summed E-state index contributed by atoms with van der Waals surface area (Å²) < 4.78 is 0. The molecule has 2 heterocycles. The van der Waals surface area contributed by atoms with E-state index in [1.807, 2.05) is 31.2 Å². The first-order chi connectivity index (χ1) is 13.0. The average molecular weight is 409 g/mol. The summed E-state index contributed by atoms with van der Waals surface area (Å²) in [6.07, 6.45) is 2.28. The van der Waals surface area contributed by atoms with E-state index in [0.29, 0.717) is 22.0 Å². The predicted octanol–water partition coefficient (Wildman–Crippen LogP) is 3.34. The zero-order valence-corrected chi connectivity index (χ0v) is 17.0. The Balaban J connectivity index is 1.35. The van der Waals surface area contributed by atoms with Crippen molar-refractivity contribution < 1.29 is 0 Å². The average Bonchev–Trinajstić information content (AvgIpc) is 2.62. The van der Waals surface area contributed by atoms with E-state index in [9.17, 15) is 0 Å². The molecule has 4 N–H and O–H groups in total. The third-order valence-corrected chi connectivity index (χ3v) is 5.45. The fourth-order valence-corrected chi connectivity index (χ4v) is 3.66. The number of piperidine rings is 1. The molecule has 0 unspecified atom stereocenters. The van der Waals surface area contributed by atoms with Crippen LogP contribution >= 0.6 is 23.2 Å². The number of benzene rings is 1. The van der Waals surface area contributed by atoms with Gasteiger partial charge in [0.15, 0.2) is 0 Å². The molecule has 3 rings (SSSR count). The number of likely N-dealkylation sites (tertiary alicyclic amines) is 1. The first-order valence-electron chi connectivity index (χ1n) is 9.24. The number of nitrogen functional groups attached to an aromatic ring is 1. The van der Waals surface area contributed by atoms with Crippen LogP contribution in [0.3, 0.4) is 0 Å². The normalized spacial score (nSPS) is 15.8. The Kier molecular flexibility index (Phi) is 7.13. The molecule has 0 spiro atoms. The molecule has 1 aromatic carbocycles. The Morgan fingerprint density at radius 3 is 2.59 bits per heavy atom. The second kappa shape index (κ2) is 9.55. The van der Waals surface area contributed by atoms with Gasteiger partial charge in [0.1, 0.15) is 5.82 Å². The van der Waals surface area contributed by atoms with Gasteiger partial charge in [0.25, 0.3) is 0 Å². The van der Waals surface area contributed by atoms with E-state index in [-0.39, 0.29) is 0 Å². The lowest BCUT2D eigenvalue weighted by molar-refractivity contribution is 0.191. The quantitative estimate of drug-likeness (QED) is 0.609. The summed E-state index contributed by atoms with van der Waals surface area (Å²) in [5.74, 6) is 1.08. The smallest absolute Gasteiger partial charge is 0.222 e. The molecule has 6 nitrogen and oxygen atoms in total. The first-order valence-corrected chi connectivity index (χ1v) is 10.00. The Labute approximate surface area is 170 Å². The molecule has 1 fully saturated rings. The molecule has 146 valence electrons. The number of hydrogen-bond acceptors (Lipinski definition) is 6. The molecule has 0 atom stereocenters. The van der Waals surface area contributed by atoms with Crippen LogP contribution in [0.2, 0.25) is 10.0 Å². The largest absolute Gasteiger partial charge is 0.369 e. The van der Waals surface area contributed by atoms with Crippen molar-refractivity contribution >= 4 is 35.0 Å². The van der Waals surface area contributed by atoms with Crippen LogP contribution in [0.15, 0.2) is 24.3 Å². The molecule has 8 heteroatoms.